The third-order valence-corrected chi connectivity index (χ3v) is 5.15. The molecule has 3 aromatic rings. The molecule has 0 amide bonds. The number of aromatic nitrogens is 5. The first kappa shape index (κ1) is 19.4. The maximum Gasteiger partial charge on any atom is 0.357 e. The van der Waals surface area contributed by atoms with Crippen molar-refractivity contribution in [2.24, 2.45) is 7.05 Å². The summed E-state index contributed by atoms with van der Waals surface area (Å²) >= 11 is 0. The number of hydrogen-bond acceptors (Lipinski definition) is 6. The van der Waals surface area contributed by atoms with E-state index >= 15 is 0 Å². The van der Waals surface area contributed by atoms with Crippen LogP contribution in [0.4, 0.5) is 0 Å². The zero-order valence-corrected chi connectivity index (χ0v) is 17.2. The molecule has 0 spiro atoms. The molecule has 154 valence electrons. The molecule has 9 nitrogen and oxygen atoms in total. The third kappa shape index (κ3) is 3.82. The molecule has 1 N–H and O–H groups in total. The number of rotatable bonds is 4. The molecule has 0 unspecified atom stereocenters. The van der Waals surface area contributed by atoms with E-state index < -0.39 is 5.60 Å². The van der Waals surface area contributed by atoms with Crippen molar-refractivity contribution in [1.29, 1.82) is 0 Å². The van der Waals surface area contributed by atoms with Crippen LogP contribution in [0.3, 0.4) is 0 Å². The maximum atomic E-state index is 12.4. The van der Waals surface area contributed by atoms with Crippen LogP contribution in [-0.2, 0) is 18.3 Å². The van der Waals surface area contributed by atoms with Gasteiger partial charge in [0.15, 0.2) is 5.65 Å². The van der Waals surface area contributed by atoms with Crippen molar-refractivity contribution in [2.45, 2.75) is 45.4 Å². The van der Waals surface area contributed by atoms with E-state index in [1.54, 1.807) is 21.5 Å². The predicted molar refractivity (Wildman–Crippen MR) is 108 cm³/mol. The number of likely N-dealkylation sites (tertiary alicyclic amines) is 1. The van der Waals surface area contributed by atoms with E-state index in [2.05, 4.69) is 19.9 Å². The van der Waals surface area contributed by atoms with Crippen LogP contribution in [0.5, 0.6) is 0 Å². The van der Waals surface area contributed by atoms with Crippen molar-refractivity contribution in [3.63, 3.8) is 0 Å². The van der Waals surface area contributed by atoms with Gasteiger partial charge in [0.2, 0.25) is 0 Å². The normalized spacial score (nSPS) is 17.9. The second kappa shape index (κ2) is 7.14. The SMILES string of the molecule is Cn1c(C(=O)OC(C)(C)C)cnc1CN1CC[C@H](n2c(=O)[nH]c3cccnc32)C1. The first-order chi connectivity index (χ1) is 13.7. The highest BCUT2D eigenvalue weighted by molar-refractivity contribution is 5.87. The molecule has 29 heavy (non-hydrogen) atoms. The average molecular weight is 398 g/mol. The Kier molecular flexibility index (Phi) is 4.77. The molecule has 0 saturated carbocycles. The van der Waals surface area contributed by atoms with Crippen molar-refractivity contribution in [3.05, 3.63) is 46.5 Å². The monoisotopic (exact) mass is 398 g/mol. The highest BCUT2D eigenvalue weighted by atomic mass is 16.6. The largest absolute Gasteiger partial charge is 0.455 e. The van der Waals surface area contributed by atoms with Gasteiger partial charge in [-0.05, 0) is 39.3 Å². The molecule has 0 aliphatic carbocycles. The highest BCUT2D eigenvalue weighted by Gasteiger charge is 2.28. The number of fused-ring (bicyclic) bond motifs is 1. The number of aromatic amines is 1. The number of ether oxygens (including phenoxy) is 1. The summed E-state index contributed by atoms with van der Waals surface area (Å²) in [5.41, 5.74) is 1.19. The van der Waals surface area contributed by atoms with Crippen LogP contribution < -0.4 is 5.69 Å². The van der Waals surface area contributed by atoms with E-state index in [4.69, 9.17) is 4.74 Å². The van der Waals surface area contributed by atoms with Gasteiger partial charge in [-0.2, -0.15) is 0 Å². The first-order valence-corrected chi connectivity index (χ1v) is 9.74. The number of H-pyrrole nitrogens is 1. The molecule has 1 aliphatic heterocycles. The summed E-state index contributed by atoms with van der Waals surface area (Å²) < 4.78 is 8.97. The Balaban J connectivity index is 1.48. The lowest BCUT2D eigenvalue weighted by atomic mass is 10.2. The molecule has 0 aromatic carbocycles. The van der Waals surface area contributed by atoms with E-state index in [0.29, 0.717) is 17.9 Å². The lowest BCUT2D eigenvalue weighted by molar-refractivity contribution is 0.00584. The van der Waals surface area contributed by atoms with Crippen LogP contribution >= 0.6 is 0 Å². The third-order valence-electron chi connectivity index (χ3n) is 5.15. The van der Waals surface area contributed by atoms with E-state index in [9.17, 15) is 9.59 Å². The van der Waals surface area contributed by atoms with Crippen LogP contribution in [0.1, 0.15) is 49.5 Å². The fraction of sp³-hybridized carbons (Fsp3) is 0.500. The Morgan fingerprint density at radius 3 is 2.90 bits per heavy atom. The summed E-state index contributed by atoms with van der Waals surface area (Å²) in [7, 11) is 1.82. The topological polar surface area (TPSA) is 98.0 Å². The van der Waals surface area contributed by atoms with Gasteiger partial charge in [0.05, 0.1) is 24.3 Å². The zero-order valence-electron chi connectivity index (χ0n) is 17.2. The van der Waals surface area contributed by atoms with E-state index in [-0.39, 0.29) is 17.7 Å². The summed E-state index contributed by atoms with van der Waals surface area (Å²) in [4.78, 5) is 38.7. The Bertz CT molecular complexity index is 1100. The van der Waals surface area contributed by atoms with E-state index in [0.717, 1.165) is 30.9 Å². The number of imidazole rings is 2. The van der Waals surface area contributed by atoms with Crippen molar-refractivity contribution >= 4 is 17.1 Å². The Morgan fingerprint density at radius 1 is 1.34 bits per heavy atom. The Labute approximate surface area is 168 Å². The Morgan fingerprint density at radius 2 is 2.14 bits per heavy atom. The van der Waals surface area contributed by atoms with Gasteiger partial charge in [0.1, 0.15) is 17.1 Å². The van der Waals surface area contributed by atoms with Crippen LogP contribution in [0.25, 0.3) is 11.2 Å². The molecule has 1 saturated heterocycles. The van der Waals surface area contributed by atoms with Gasteiger partial charge in [-0.15, -0.1) is 0 Å². The van der Waals surface area contributed by atoms with Crippen LogP contribution in [0.2, 0.25) is 0 Å². The first-order valence-electron chi connectivity index (χ1n) is 9.74. The van der Waals surface area contributed by atoms with Crippen molar-refractivity contribution < 1.29 is 9.53 Å². The number of esters is 1. The van der Waals surface area contributed by atoms with Crippen LogP contribution in [0.15, 0.2) is 29.3 Å². The van der Waals surface area contributed by atoms with Crippen molar-refractivity contribution in [2.75, 3.05) is 13.1 Å². The molecule has 3 aromatic heterocycles. The van der Waals surface area contributed by atoms with Gasteiger partial charge in [-0.1, -0.05) is 0 Å². The minimum absolute atomic E-state index is 0.0525. The van der Waals surface area contributed by atoms with Gasteiger partial charge in [-0.3, -0.25) is 9.47 Å². The van der Waals surface area contributed by atoms with Crippen molar-refractivity contribution in [1.82, 2.24) is 29.0 Å². The Hall–Kier alpha value is -2.94. The molecule has 0 radical (unpaired) electrons. The summed E-state index contributed by atoms with van der Waals surface area (Å²) in [5.74, 6) is 0.408. The molecule has 1 atom stereocenters. The fourth-order valence-corrected chi connectivity index (χ4v) is 3.78. The number of nitrogens with one attached hydrogen (secondary N) is 1. The maximum absolute atomic E-state index is 12.4. The van der Waals surface area contributed by atoms with Crippen molar-refractivity contribution in [3.8, 4) is 0 Å². The minimum atomic E-state index is -0.551. The highest BCUT2D eigenvalue weighted by Crippen LogP contribution is 2.24. The van der Waals surface area contributed by atoms with E-state index in [1.165, 1.54) is 0 Å². The number of nitrogens with zero attached hydrogens (tertiary/aromatic N) is 5. The number of pyridine rings is 1. The lowest BCUT2D eigenvalue weighted by Gasteiger charge is -2.20. The minimum Gasteiger partial charge on any atom is -0.455 e. The van der Waals surface area contributed by atoms with Gasteiger partial charge in [0, 0.05) is 26.3 Å². The second-order valence-electron chi connectivity index (χ2n) is 8.47. The average Bonchev–Trinajstić information content (AvgIpc) is 3.31. The molecular weight excluding hydrogens is 372 g/mol. The summed E-state index contributed by atoms with van der Waals surface area (Å²) in [6, 6.07) is 3.73. The van der Waals surface area contributed by atoms with Gasteiger partial charge >= 0.3 is 11.7 Å². The quantitative estimate of drug-likeness (QED) is 0.674. The standard InChI is InChI=1S/C20H26N6O3/c1-20(2,3)29-18(27)15-10-22-16(24(15)4)12-25-9-7-13(11-25)26-17-14(23-19(26)28)6-5-8-21-17/h5-6,8,10,13H,7,9,11-12H2,1-4H3,(H,23,28)/t13-/m0/s1. The smallest absolute Gasteiger partial charge is 0.357 e. The second-order valence-corrected chi connectivity index (χ2v) is 8.47. The number of carbonyl (C=O) groups excluding carboxylic acids is 1. The molecule has 1 aliphatic rings. The molecule has 9 heteroatoms. The van der Waals surface area contributed by atoms with Crippen LogP contribution in [0, 0.1) is 0 Å². The zero-order chi connectivity index (χ0) is 20.8. The summed E-state index contributed by atoms with van der Waals surface area (Å²) in [6.07, 6.45) is 4.11. The molecule has 4 rings (SSSR count). The van der Waals surface area contributed by atoms with Crippen LogP contribution in [-0.4, -0.2) is 53.6 Å². The summed E-state index contributed by atoms with van der Waals surface area (Å²) in [5, 5.41) is 0. The predicted octanol–water partition coefficient (Wildman–Crippen LogP) is 1.86. The molecule has 0 bridgehead atoms. The number of hydrogen-bond donors (Lipinski definition) is 1. The van der Waals surface area contributed by atoms with Gasteiger partial charge < -0.3 is 14.3 Å². The lowest BCUT2D eigenvalue weighted by Crippen LogP contribution is -2.27. The summed E-state index contributed by atoms with van der Waals surface area (Å²) in [6.45, 7) is 7.68. The fourth-order valence-electron chi connectivity index (χ4n) is 3.78. The van der Waals surface area contributed by atoms with E-state index in [1.807, 2.05) is 40.0 Å². The molecule has 1 fully saturated rings. The number of carbonyl (C=O) groups is 1. The van der Waals surface area contributed by atoms with Gasteiger partial charge in [0.25, 0.3) is 0 Å². The van der Waals surface area contributed by atoms with Gasteiger partial charge in [-0.25, -0.2) is 19.6 Å². The molecular formula is C20H26N6O3. The molecule has 4 heterocycles.